The fourth-order valence-corrected chi connectivity index (χ4v) is 5.65. The highest BCUT2D eigenvalue weighted by atomic mass is 35.5. The van der Waals surface area contributed by atoms with Crippen LogP contribution in [0.5, 0.6) is 0 Å². The minimum absolute atomic E-state index is 0.00906. The zero-order valence-corrected chi connectivity index (χ0v) is 21.0. The first-order valence-corrected chi connectivity index (χ1v) is 12.2. The van der Waals surface area contributed by atoms with Gasteiger partial charge in [0.2, 0.25) is 5.91 Å². The number of benzene rings is 2. The summed E-state index contributed by atoms with van der Waals surface area (Å²) in [6, 6.07) is 16.0. The Morgan fingerprint density at radius 3 is 2.44 bits per heavy atom. The molecule has 0 radical (unpaired) electrons. The first-order chi connectivity index (χ1) is 15.1. The van der Waals surface area contributed by atoms with Crippen molar-refractivity contribution < 1.29 is 9.53 Å². The Labute approximate surface area is 200 Å². The van der Waals surface area contributed by atoms with Crippen molar-refractivity contribution >= 4 is 35.0 Å². The number of nitriles is 1. The molecule has 2 aromatic rings. The maximum Gasteiger partial charge on any atom is 0.232 e. The summed E-state index contributed by atoms with van der Waals surface area (Å²) in [5.74, 6) is 0.0469. The Morgan fingerprint density at radius 2 is 1.88 bits per heavy atom. The van der Waals surface area contributed by atoms with Crippen LogP contribution in [0.3, 0.4) is 0 Å². The molecule has 0 bridgehead atoms. The lowest BCUT2D eigenvalue weighted by Crippen LogP contribution is -2.44. The number of anilines is 1. The van der Waals surface area contributed by atoms with Crippen LogP contribution in [0, 0.1) is 16.7 Å². The van der Waals surface area contributed by atoms with Crippen molar-refractivity contribution in [1.29, 1.82) is 5.26 Å². The summed E-state index contributed by atoms with van der Waals surface area (Å²) in [6.07, 6.45) is 1.69. The Hall–Kier alpha value is -2.00. The summed E-state index contributed by atoms with van der Waals surface area (Å²) in [4.78, 5) is 16.0. The number of hydrogen-bond acceptors (Lipinski definition) is 4. The molecule has 1 aliphatic heterocycles. The molecule has 1 saturated heterocycles. The van der Waals surface area contributed by atoms with E-state index in [0.29, 0.717) is 23.8 Å². The van der Waals surface area contributed by atoms with Crippen LogP contribution in [0.25, 0.3) is 0 Å². The molecule has 0 spiro atoms. The van der Waals surface area contributed by atoms with E-state index in [2.05, 4.69) is 12.1 Å². The zero-order chi connectivity index (χ0) is 23.5. The van der Waals surface area contributed by atoms with Gasteiger partial charge in [0, 0.05) is 34.3 Å². The molecule has 0 atom stereocenters. The molecule has 1 amide bonds. The molecule has 0 saturated carbocycles. The van der Waals surface area contributed by atoms with E-state index in [1.165, 1.54) is 0 Å². The van der Waals surface area contributed by atoms with Gasteiger partial charge in [0.05, 0.1) is 22.3 Å². The van der Waals surface area contributed by atoms with Gasteiger partial charge < -0.3 is 9.64 Å². The van der Waals surface area contributed by atoms with E-state index in [0.717, 1.165) is 29.0 Å². The average molecular weight is 471 g/mol. The molecule has 0 unspecified atom stereocenters. The predicted molar refractivity (Wildman–Crippen MR) is 132 cm³/mol. The lowest BCUT2D eigenvalue weighted by molar-refractivity contribution is -0.126. The van der Waals surface area contributed by atoms with Crippen molar-refractivity contribution in [2.24, 2.45) is 5.41 Å². The van der Waals surface area contributed by atoms with Gasteiger partial charge in [0.1, 0.15) is 0 Å². The molecule has 32 heavy (non-hydrogen) atoms. The van der Waals surface area contributed by atoms with Gasteiger partial charge in [-0.25, -0.2) is 0 Å². The molecule has 1 fully saturated rings. The summed E-state index contributed by atoms with van der Waals surface area (Å²) in [5.41, 5.74) is 2.01. The molecule has 0 aliphatic carbocycles. The lowest BCUT2D eigenvalue weighted by Gasteiger charge is -2.38. The van der Waals surface area contributed by atoms with Gasteiger partial charge >= 0.3 is 0 Å². The standard InChI is InChI=1S/C26H31ClN2O2S/c1-18(2)29(24(30)25(3,4)5)23-10-9-20(16-22(23)27)26(11-13-31-14-12-26)32-21-8-6-7-19(15-21)17-28/h6-10,15-16,18H,11-14H2,1-5H3. The molecule has 170 valence electrons. The summed E-state index contributed by atoms with van der Waals surface area (Å²) in [7, 11) is 0. The molecule has 0 N–H and O–H groups in total. The first kappa shape index (κ1) is 24.6. The number of halogens is 1. The van der Waals surface area contributed by atoms with Crippen LogP contribution in [-0.2, 0) is 14.3 Å². The Bertz CT molecular complexity index is 1020. The van der Waals surface area contributed by atoms with E-state index in [1.807, 2.05) is 71.0 Å². The molecule has 1 heterocycles. The van der Waals surface area contributed by atoms with E-state index < -0.39 is 5.41 Å². The Morgan fingerprint density at radius 1 is 1.19 bits per heavy atom. The number of rotatable bonds is 5. The lowest BCUT2D eigenvalue weighted by atomic mass is 9.89. The highest BCUT2D eigenvalue weighted by molar-refractivity contribution is 8.00. The Kier molecular flexibility index (Phi) is 7.60. The van der Waals surface area contributed by atoms with Crippen LogP contribution >= 0.6 is 23.4 Å². The van der Waals surface area contributed by atoms with Gasteiger partial charge in [-0.15, -0.1) is 11.8 Å². The van der Waals surface area contributed by atoms with E-state index in [-0.39, 0.29) is 16.7 Å². The maximum absolute atomic E-state index is 13.1. The number of amides is 1. The summed E-state index contributed by atoms with van der Waals surface area (Å²) >= 11 is 8.58. The molecule has 4 nitrogen and oxygen atoms in total. The van der Waals surface area contributed by atoms with Crippen molar-refractivity contribution in [3.63, 3.8) is 0 Å². The van der Waals surface area contributed by atoms with Crippen LogP contribution in [0.4, 0.5) is 5.69 Å². The second-order valence-electron chi connectivity index (χ2n) is 9.53. The average Bonchev–Trinajstić information content (AvgIpc) is 2.74. The van der Waals surface area contributed by atoms with Crippen molar-refractivity contribution in [3.8, 4) is 6.07 Å². The van der Waals surface area contributed by atoms with Crippen LogP contribution in [-0.4, -0.2) is 25.2 Å². The quantitative estimate of drug-likeness (QED) is 0.482. The Balaban J connectivity index is 2.01. The third kappa shape index (κ3) is 5.31. The highest BCUT2D eigenvalue weighted by Gasteiger charge is 2.37. The first-order valence-electron chi connectivity index (χ1n) is 11.0. The van der Waals surface area contributed by atoms with Gasteiger partial charge in [-0.2, -0.15) is 5.26 Å². The summed E-state index contributed by atoms with van der Waals surface area (Å²) in [5, 5.41) is 9.86. The van der Waals surface area contributed by atoms with Gasteiger partial charge in [0.15, 0.2) is 0 Å². The smallest absolute Gasteiger partial charge is 0.232 e. The van der Waals surface area contributed by atoms with E-state index in [9.17, 15) is 10.1 Å². The number of nitrogens with zero attached hydrogens (tertiary/aromatic N) is 2. The normalized spacial score (nSPS) is 15.9. The maximum atomic E-state index is 13.1. The number of thioether (sulfide) groups is 1. The molecule has 0 aromatic heterocycles. The van der Waals surface area contributed by atoms with Crippen LogP contribution in [0.2, 0.25) is 5.02 Å². The minimum atomic E-state index is -0.504. The van der Waals surface area contributed by atoms with Gasteiger partial charge in [-0.05, 0) is 62.6 Å². The monoisotopic (exact) mass is 470 g/mol. The second kappa shape index (κ2) is 9.87. The third-order valence-electron chi connectivity index (χ3n) is 5.69. The zero-order valence-electron chi connectivity index (χ0n) is 19.4. The fraction of sp³-hybridized carbons (Fsp3) is 0.462. The second-order valence-corrected chi connectivity index (χ2v) is 11.4. The van der Waals surface area contributed by atoms with Gasteiger partial charge in [-0.1, -0.05) is 44.5 Å². The van der Waals surface area contributed by atoms with E-state index in [1.54, 1.807) is 16.7 Å². The van der Waals surface area contributed by atoms with Crippen molar-refractivity contribution in [2.45, 2.75) is 63.1 Å². The van der Waals surface area contributed by atoms with Gasteiger partial charge in [0.25, 0.3) is 0 Å². The minimum Gasteiger partial charge on any atom is -0.381 e. The summed E-state index contributed by atoms with van der Waals surface area (Å²) in [6.45, 7) is 11.1. The van der Waals surface area contributed by atoms with Crippen molar-refractivity contribution in [1.82, 2.24) is 0 Å². The van der Waals surface area contributed by atoms with Crippen LogP contribution in [0.15, 0.2) is 47.4 Å². The van der Waals surface area contributed by atoms with Crippen molar-refractivity contribution in [2.75, 3.05) is 18.1 Å². The largest absolute Gasteiger partial charge is 0.381 e. The number of carbonyl (C=O) groups is 1. The number of carbonyl (C=O) groups excluding carboxylic acids is 1. The molecule has 3 rings (SSSR count). The number of hydrogen-bond donors (Lipinski definition) is 0. The summed E-state index contributed by atoms with van der Waals surface area (Å²) < 4.78 is 5.47. The van der Waals surface area contributed by atoms with E-state index in [4.69, 9.17) is 16.3 Å². The SMILES string of the molecule is CC(C)N(C(=O)C(C)(C)C)c1ccc(C2(Sc3cccc(C#N)c3)CCOCC2)cc1Cl. The van der Waals surface area contributed by atoms with E-state index >= 15 is 0 Å². The fourth-order valence-electron chi connectivity index (χ4n) is 3.97. The topological polar surface area (TPSA) is 53.3 Å². The molecule has 2 aromatic carbocycles. The van der Waals surface area contributed by atoms with Crippen molar-refractivity contribution in [3.05, 3.63) is 58.6 Å². The number of ether oxygens (including phenoxy) is 1. The highest BCUT2D eigenvalue weighted by Crippen LogP contribution is 2.50. The van der Waals surface area contributed by atoms with Crippen LogP contribution in [0.1, 0.15) is 58.6 Å². The molecular formula is C26H31ClN2O2S. The predicted octanol–water partition coefficient (Wildman–Crippen LogP) is 6.80. The molecule has 6 heteroatoms. The van der Waals surface area contributed by atoms with Crippen LogP contribution < -0.4 is 4.90 Å². The molecular weight excluding hydrogens is 440 g/mol. The molecule has 1 aliphatic rings. The van der Waals surface area contributed by atoms with Gasteiger partial charge in [-0.3, -0.25) is 4.79 Å². The third-order valence-corrected chi connectivity index (χ3v) is 7.51.